The maximum absolute atomic E-state index is 12.6. The Bertz CT molecular complexity index is 1420. The Hall–Kier alpha value is -4.26. The molecule has 0 aliphatic rings. The molecule has 0 saturated carbocycles. The number of amides is 1. The number of fused-ring (bicyclic) bond motifs is 2. The lowest BCUT2D eigenvalue weighted by atomic mass is 10.1. The number of nitrogens with one attached hydrogen (secondary N) is 1. The van der Waals surface area contributed by atoms with Gasteiger partial charge in [0.1, 0.15) is 22.2 Å². The molecular formula is C22H14N4O3. The number of hydrogen-bond acceptors (Lipinski definition) is 5. The zero-order valence-electron chi connectivity index (χ0n) is 15.1. The van der Waals surface area contributed by atoms with Crippen LogP contribution in [0, 0.1) is 0 Å². The molecule has 0 radical (unpaired) electrons. The van der Waals surface area contributed by atoms with Gasteiger partial charge in [-0.05, 0) is 42.5 Å². The van der Waals surface area contributed by atoms with Crippen molar-refractivity contribution in [3.8, 4) is 5.69 Å². The van der Waals surface area contributed by atoms with Crippen LogP contribution in [0.2, 0.25) is 0 Å². The second-order valence-electron chi connectivity index (χ2n) is 6.47. The van der Waals surface area contributed by atoms with Gasteiger partial charge >= 0.3 is 5.63 Å². The van der Waals surface area contributed by atoms with Gasteiger partial charge in [0.2, 0.25) is 0 Å². The van der Waals surface area contributed by atoms with E-state index in [4.69, 9.17) is 4.42 Å². The molecule has 7 nitrogen and oxygen atoms in total. The number of aromatic nitrogens is 3. The Morgan fingerprint density at radius 1 is 0.862 bits per heavy atom. The molecule has 0 bridgehead atoms. The first kappa shape index (κ1) is 16.9. The van der Waals surface area contributed by atoms with Crippen molar-refractivity contribution in [3.05, 3.63) is 94.8 Å². The highest BCUT2D eigenvalue weighted by Crippen LogP contribution is 2.19. The molecule has 0 unspecified atom stereocenters. The quantitative estimate of drug-likeness (QED) is 0.480. The predicted molar refractivity (Wildman–Crippen MR) is 109 cm³/mol. The Balaban J connectivity index is 1.46. The second kappa shape index (κ2) is 6.72. The third-order valence-electron chi connectivity index (χ3n) is 4.51. The Morgan fingerprint density at radius 3 is 2.48 bits per heavy atom. The molecule has 0 atom stereocenters. The third kappa shape index (κ3) is 3.14. The average Bonchev–Trinajstić information content (AvgIpc) is 3.17. The summed E-state index contributed by atoms with van der Waals surface area (Å²) < 4.78 is 5.23. The molecule has 140 valence electrons. The Morgan fingerprint density at radius 2 is 1.62 bits per heavy atom. The molecule has 0 fully saturated rings. The topological polar surface area (TPSA) is 90.0 Å². The van der Waals surface area contributed by atoms with Crippen LogP contribution in [0.4, 0.5) is 5.69 Å². The van der Waals surface area contributed by atoms with Crippen molar-refractivity contribution in [2.45, 2.75) is 0 Å². The van der Waals surface area contributed by atoms with Crippen LogP contribution in [0.5, 0.6) is 0 Å². The van der Waals surface area contributed by atoms with Crippen LogP contribution in [0.1, 0.15) is 10.4 Å². The average molecular weight is 382 g/mol. The SMILES string of the molecule is O=C(Nc1ccc2nn(-c3ccccc3)nc2c1)c1cc2ccccc2oc1=O. The maximum atomic E-state index is 12.6. The normalized spacial score (nSPS) is 11.0. The molecule has 0 aliphatic carbocycles. The molecule has 1 N–H and O–H groups in total. The van der Waals surface area contributed by atoms with E-state index in [1.54, 1.807) is 36.4 Å². The lowest BCUT2D eigenvalue weighted by Crippen LogP contribution is -2.20. The highest BCUT2D eigenvalue weighted by Gasteiger charge is 2.15. The molecular weight excluding hydrogens is 368 g/mol. The van der Waals surface area contributed by atoms with E-state index < -0.39 is 11.5 Å². The smallest absolute Gasteiger partial charge is 0.349 e. The van der Waals surface area contributed by atoms with Crippen LogP contribution in [-0.2, 0) is 0 Å². The number of carbonyl (C=O) groups excluding carboxylic acids is 1. The summed E-state index contributed by atoms with van der Waals surface area (Å²) in [4.78, 5) is 26.3. The lowest BCUT2D eigenvalue weighted by molar-refractivity contribution is 0.102. The van der Waals surface area contributed by atoms with Crippen molar-refractivity contribution in [3.63, 3.8) is 0 Å². The fourth-order valence-corrected chi connectivity index (χ4v) is 3.09. The second-order valence-corrected chi connectivity index (χ2v) is 6.47. The van der Waals surface area contributed by atoms with E-state index in [1.807, 2.05) is 36.4 Å². The van der Waals surface area contributed by atoms with E-state index in [2.05, 4.69) is 15.5 Å². The Kier molecular flexibility index (Phi) is 3.91. The van der Waals surface area contributed by atoms with Gasteiger partial charge in [0.15, 0.2) is 0 Å². The molecule has 1 amide bonds. The van der Waals surface area contributed by atoms with Crippen LogP contribution in [-0.4, -0.2) is 20.9 Å². The third-order valence-corrected chi connectivity index (χ3v) is 4.51. The number of nitrogens with zero attached hydrogens (tertiary/aromatic N) is 3. The maximum Gasteiger partial charge on any atom is 0.349 e. The van der Waals surface area contributed by atoms with Gasteiger partial charge in [0, 0.05) is 11.1 Å². The fourth-order valence-electron chi connectivity index (χ4n) is 3.09. The van der Waals surface area contributed by atoms with E-state index in [0.29, 0.717) is 27.7 Å². The highest BCUT2D eigenvalue weighted by atomic mass is 16.4. The molecule has 7 heteroatoms. The van der Waals surface area contributed by atoms with Gasteiger partial charge in [-0.3, -0.25) is 4.79 Å². The molecule has 5 aromatic rings. The number of hydrogen-bond donors (Lipinski definition) is 1. The van der Waals surface area contributed by atoms with Crippen LogP contribution in [0.25, 0.3) is 27.7 Å². The van der Waals surface area contributed by atoms with E-state index in [9.17, 15) is 9.59 Å². The van der Waals surface area contributed by atoms with Gasteiger partial charge in [-0.15, -0.1) is 10.2 Å². The first-order valence-electron chi connectivity index (χ1n) is 8.94. The molecule has 29 heavy (non-hydrogen) atoms. The van der Waals surface area contributed by atoms with Crippen molar-refractivity contribution in [2.75, 3.05) is 5.32 Å². The lowest BCUT2D eigenvalue weighted by Gasteiger charge is -2.05. The molecule has 0 saturated heterocycles. The number of anilines is 1. The summed E-state index contributed by atoms with van der Waals surface area (Å²) in [5.41, 5.74) is 2.36. The minimum atomic E-state index is -0.683. The van der Waals surface area contributed by atoms with Crippen LogP contribution < -0.4 is 10.9 Å². The fraction of sp³-hybridized carbons (Fsp3) is 0. The van der Waals surface area contributed by atoms with Gasteiger partial charge in [-0.2, -0.15) is 4.80 Å². The molecule has 0 spiro atoms. The number of carbonyl (C=O) groups is 1. The van der Waals surface area contributed by atoms with E-state index in [-0.39, 0.29) is 5.56 Å². The number of benzene rings is 3. The summed E-state index contributed by atoms with van der Waals surface area (Å²) in [6, 6.07) is 23.3. The van der Waals surface area contributed by atoms with E-state index in [1.165, 1.54) is 10.9 Å². The van der Waals surface area contributed by atoms with Crippen molar-refractivity contribution in [1.82, 2.24) is 15.0 Å². The monoisotopic (exact) mass is 382 g/mol. The summed E-state index contributed by atoms with van der Waals surface area (Å²) >= 11 is 0. The van der Waals surface area contributed by atoms with E-state index >= 15 is 0 Å². The summed E-state index contributed by atoms with van der Waals surface area (Å²) in [6.07, 6.45) is 0. The zero-order valence-corrected chi connectivity index (χ0v) is 15.1. The van der Waals surface area contributed by atoms with Crippen molar-refractivity contribution >= 4 is 33.6 Å². The standard InChI is InChI=1S/C22H14N4O3/c27-21(17-12-14-6-4-5-9-20(14)29-22(17)28)23-15-10-11-18-19(13-15)25-26(24-18)16-7-2-1-3-8-16/h1-13H,(H,23,27). The first-order valence-corrected chi connectivity index (χ1v) is 8.94. The molecule has 0 aliphatic heterocycles. The summed E-state index contributed by atoms with van der Waals surface area (Å²) in [6.45, 7) is 0. The van der Waals surface area contributed by atoms with Crippen molar-refractivity contribution < 1.29 is 9.21 Å². The molecule has 3 aromatic carbocycles. The van der Waals surface area contributed by atoms with Gasteiger partial charge in [0.05, 0.1) is 5.69 Å². The van der Waals surface area contributed by atoms with Crippen molar-refractivity contribution in [1.29, 1.82) is 0 Å². The molecule has 2 aromatic heterocycles. The largest absolute Gasteiger partial charge is 0.422 e. The molecule has 5 rings (SSSR count). The van der Waals surface area contributed by atoms with E-state index in [0.717, 1.165) is 5.69 Å². The minimum Gasteiger partial charge on any atom is -0.422 e. The minimum absolute atomic E-state index is 0.0586. The van der Waals surface area contributed by atoms with Gasteiger partial charge in [-0.1, -0.05) is 36.4 Å². The Labute approximate surface area is 164 Å². The zero-order chi connectivity index (χ0) is 19.8. The predicted octanol–water partition coefficient (Wildman–Crippen LogP) is 3.78. The van der Waals surface area contributed by atoms with Crippen LogP contribution in [0.15, 0.2) is 88.1 Å². The number of rotatable bonds is 3. The number of para-hydroxylation sites is 2. The van der Waals surface area contributed by atoms with Gasteiger partial charge in [0.25, 0.3) is 5.91 Å². The van der Waals surface area contributed by atoms with Gasteiger partial charge < -0.3 is 9.73 Å². The first-order chi connectivity index (χ1) is 14.2. The van der Waals surface area contributed by atoms with Gasteiger partial charge in [-0.25, -0.2) is 4.79 Å². The summed E-state index contributed by atoms with van der Waals surface area (Å²) in [7, 11) is 0. The van der Waals surface area contributed by atoms with Crippen LogP contribution in [0.3, 0.4) is 0 Å². The van der Waals surface area contributed by atoms with Crippen LogP contribution >= 0.6 is 0 Å². The molecule has 2 heterocycles. The summed E-state index contributed by atoms with van der Waals surface area (Å²) in [5, 5.41) is 12.3. The highest BCUT2D eigenvalue weighted by molar-refractivity contribution is 6.06. The summed E-state index contributed by atoms with van der Waals surface area (Å²) in [5.74, 6) is -0.542. The van der Waals surface area contributed by atoms with Crippen molar-refractivity contribution in [2.24, 2.45) is 0 Å².